The summed E-state index contributed by atoms with van der Waals surface area (Å²) in [4.78, 5) is 14.5. The highest BCUT2D eigenvalue weighted by molar-refractivity contribution is 5.64. The Labute approximate surface area is 252 Å². The molecule has 0 N–H and O–H groups in total. The molecule has 2 aromatic carbocycles. The van der Waals surface area contributed by atoms with E-state index in [4.69, 9.17) is 16.4 Å². The van der Waals surface area contributed by atoms with E-state index in [2.05, 4.69) is 106 Å². The highest BCUT2D eigenvalue weighted by atomic mass is 15.2. The van der Waals surface area contributed by atoms with E-state index < -0.39 is 0 Å². The van der Waals surface area contributed by atoms with E-state index in [9.17, 15) is 0 Å². The van der Waals surface area contributed by atoms with Crippen molar-refractivity contribution in [3.63, 3.8) is 0 Å². The molecule has 2 aromatic heterocycles. The summed E-state index contributed by atoms with van der Waals surface area (Å²) in [5.41, 5.74) is 15.0. The molecule has 4 heteroatoms. The van der Waals surface area contributed by atoms with Gasteiger partial charge in [-0.3, -0.25) is 19.8 Å². The fourth-order valence-corrected chi connectivity index (χ4v) is 6.19. The number of piperidine rings is 1. The Morgan fingerprint density at radius 3 is 1.71 bits per heavy atom. The lowest BCUT2D eigenvalue weighted by molar-refractivity contribution is 0.110. The van der Waals surface area contributed by atoms with Crippen molar-refractivity contribution in [3.05, 3.63) is 105 Å². The Hall–Kier alpha value is -3.78. The summed E-state index contributed by atoms with van der Waals surface area (Å²) in [5.74, 6) is 2.93. The second kappa shape index (κ2) is 13.0. The van der Waals surface area contributed by atoms with E-state index in [1.54, 1.807) is 0 Å². The lowest BCUT2D eigenvalue weighted by atomic mass is 9.97. The molecule has 1 saturated heterocycles. The molecule has 0 aliphatic carbocycles. The molecule has 0 amide bonds. The first-order valence-electron chi connectivity index (χ1n) is 15.2. The van der Waals surface area contributed by atoms with Crippen molar-refractivity contribution in [1.82, 2.24) is 19.8 Å². The Kier molecular flexibility index (Phi) is 9.21. The molecule has 0 spiro atoms. The van der Waals surface area contributed by atoms with Crippen LogP contribution < -0.4 is 0 Å². The quantitative estimate of drug-likeness (QED) is 0.208. The van der Waals surface area contributed by atoms with Gasteiger partial charge in [-0.05, 0) is 161 Å². The van der Waals surface area contributed by atoms with Crippen molar-refractivity contribution >= 4 is 0 Å². The molecule has 216 valence electrons. The molecule has 42 heavy (non-hydrogen) atoms. The molecule has 1 aliphatic rings. The van der Waals surface area contributed by atoms with Crippen molar-refractivity contribution in [1.29, 1.82) is 0 Å². The van der Waals surface area contributed by atoms with Gasteiger partial charge in [0.05, 0.1) is 17.9 Å². The van der Waals surface area contributed by atoms with Gasteiger partial charge in [0.15, 0.2) is 0 Å². The number of aryl methyl sites for hydroxylation is 4. The van der Waals surface area contributed by atoms with Crippen molar-refractivity contribution in [3.8, 4) is 34.9 Å². The van der Waals surface area contributed by atoms with E-state index in [0.29, 0.717) is 12.6 Å². The van der Waals surface area contributed by atoms with Gasteiger partial charge < -0.3 is 0 Å². The predicted molar refractivity (Wildman–Crippen MR) is 175 cm³/mol. The van der Waals surface area contributed by atoms with Gasteiger partial charge in [0.2, 0.25) is 0 Å². The average molecular weight is 557 g/mol. The van der Waals surface area contributed by atoms with Gasteiger partial charge in [-0.1, -0.05) is 5.92 Å². The molecule has 5 rings (SSSR count). The molecule has 0 unspecified atom stereocenters. The average Bonchev–Trinajstić information content (AvgIpc) is 2.98. The van der Waals surface area contributed by atoms with Gasteiger partial charge in [0.25, 0.3) is 0 Å². The maximum Gasteiger partial charge on any atom is 0.0705 e. The number of benzene rings is 2. The van der Waals surface area contributed by atoms with Crippen molar-refractivity contribution in [2.75, 3.05) is 19.6 Å². The van der Waals surface area contributed by atoms with Gasteiger partial charge in [0.1, 0.15) is 0 Å². The maximum atomic E-state index is 5.86. The fourth-order valence-electron chi connectivity index (χ4n) is 6.19. The van der Waals surface area contributed by atoms with E-state index in [1.165, 1.54) is 55.6 Å². The third-order valence-corrected chi connectivity index (χ3v) is 9.25. The van der Waals surface area contributed by atoms with Crippen LogP contribution in [0.25, 0.3) is 22.5 Å². The Morgan fingerprint density at radius 2 is 1.21 bits per heavy atom. The molecule has 0 bridgehead atoms. The van der Waals surface area contributed by atoms with Crippen molar-refractivity contribution in [2.24, 2.45) is 0 Å². The first kappa shape index (κ1) is 29.7. The maximum absolute atomic E-state index is 5.86. The van der Waals surface area contributed by atoms with E-state index >= 15 is 0 Å². The zero-order valence-corrected chi connectivity index (χ0v) is 26.2. The zero-order chi connectivity index (χ0) is 29.8. The molecular formula is C38H44N4. The fraction of sp³-hybridized carbons (Fsp3) is 0.368. The summed E-state index contributed by atoms with van der Waals surface area (Å²) in [6.45, 7) is 17.7. The Bertz CT molecular complexity index is 1560. The van der Waals surface area contributed by atoms with Crippen LogP contribution in [0.2, 0.25) is 0 Å². The lowest BCUT2D eigenvalue weighted by Gasteiger charge is -2.38. The summed E-state index contributed by atoms with van der Waals surface area (Å²) in [6.07, 6.45) is 12.0. The van der Waals surface area contributed by atoms with Gasteiger partial charge in [0, 0.05) is 42.7 Å². The number of hydrogen-bond donors (Lipinski definition) is 0. The number of aromatic nitrogens is 2. The summed E-state index contributed by atoms with van der Waals surface area (Å²) in [5, 5.41) is 0. The summed E-state index contributed by atoms with van der Waals surface area (Å²) < 4.78 is 0. The summed E-state index contributed by atoms with van der Waals surface area (Å²) >= 11 is 0. The second-order valence-corrected chi connectivity index (χ2v) is 12.2. The third-order valence-electron chi connectivity index (χ3n) is 9.25. The highest BCUT2D eigenvalue weighted by Crippen LogP contribution is 2.27. The first-order valence-corrected chi connectivity index (χ1v) is 15.2. The molecule has 4 nitrogen and oxygen atoms in total. The molecule has 0 radical (unpaired) electrons. The lowest BCUT2D eigenvalue weighted by Crippen LogP contribution is -2.44. The molecule has 4 aromatic rings. The van der Waals surface area contributed by atoms with Gasteiger partial charge in [-0.25, -0.2) is 0 Å². The molecular weight excluding hydrogens is 512 g/mol. The molecule has 0 atom stereocenters. The van der Waals surface area contributed by atoms with Gasteiger partial charge >= 0.3 is 0 Å². The van der Waals surface area contributed by atoms with Crippen molar-refractivity contribution < 1.29 is 0 Å². The van der Waals surface area contributed by atoms with Crippen LogP contribution in [0.3, 0.4) is 0 Å². The number of terminal acetylenes is 1. The van der Waals surface area contributed by atoms with E-state index in [1.807, 2.05) is 12.4 Å². The van der Waals surface area contributed by atoms with Crippen molar-refractivity contribution in [2.45, 2.75) is 73.5 Å². The number of pyridine rings is 2. The highest BCUT2D eigenvalue weighted by Gasteiger charge is 2.25. The normalized spacial score (nSPS) is 14.3. The van der Waals surface area contributed by atoms with Crippen LogP contribution in [-0.2, 0) is 13.1 Å². The van der Waals surface area contributed by atoms with E-state index in [0.717, 1.165) is 50.4 Å². The van der Waals surface area contributed by atoms with Crippen LogP contribution >= 0.6 is 0 Å². The minimum Gasteiger partial charge on any atom is -0.299 e. The molecule has 1 aliphatic heterocycles. The number of nitrogens with zero attached hydrogens (tertiary/aromatic N) is 4. The van der Waals surface area contributed by atoms with Crippen LogP contribution in [0.4, 0.5) is 0 Å². The minimum atomic E-state index is 0.476. The largest absolute Gasteiger partial charge is 0.299 e. The summed E-state index contributed by atoms with van der Waals surface area (Å²) in [7, 11) is 0. The standard InChI is InChI=1S/C38H44N4/c1-8-15-42(25-33-10-14-40-38(23-33)35-20-28(4)31(7)29(5)21-35)36-11-16-41(17-12-36)24-32-9-13-39-37(22-32)34-18-26(2)30(6)27(3)19-34/h1,9-10,13-14,18-23,36H,11-12,15-17,24-25H2,2-7H3. The summed E-state index contributed by atoms with van der Waals surface area (Å²) in [6, 6.07) is 18.3. The molecule has 1 fully saturated rings. The second-order valence-electron chi connectivity index (χ2n) is 12.2. The number of hydrogen-bond acceptors (Lipinski definition) is 4. The first-order chi connectivity index (χ1) is 20.2. The van der Waals surface area contributed by atoms with Crippen LogP contribution in [0, 0.1) is 53.9 Å². The van der Waals surface area contributed by atoms with Gasteiger partial charge in [-0.15, -0.1) is 6.42 Å². The van der Waals surface area contributed by atoms with E-state index in [-0.39, 0.29) is 0 Å². The number of likely N-dealkylation sites (tertiary alicyclic amines) is 1. The minimum absolute atomic E-state index is 0.476. The van der Waals surface area contributed by atoms with Crippen LogP contribution in [0.1, 0.15) is 57.3 Å². The molecule has 3 heterocycles. The monoisotopic (exact) mass is 556 g/mol. The molecule has 0 saturated carbocycles. The third kappa shape index (κ3) is 6.81. The van der Waals surface area contributed by atoms with Crippen LogP contribution in [0.5, 0.6) is 0 Å². The topological polar surface area (TPSA) is 32.3 Å². The van der Waals surface area contributed by atoms with Crippen LogP contribution in [0.15, 0.2) is 60.9 Å². The number of rotatable bonds is 8. The van der Waals surface area contributed by atoms with Crippen LogP contribution in [-0.4, -0.2) is 45.4 Å². The SMILES string of the molecule is C#CCN(Cc1ccnc(-c2cc(C)c(C)c(C)c2)c1)C1CCN(Cc2ccnc(-c3cc(C)c(C)c(C)c3)c2)CC1. The Morgan fingerprint density at radius 1 is 0.738 bits per heavy atom. The zero-order valence-electron chi connectivity index (χ0n) is 26.2. The predicted octanol–water partition coefficient (Wildman–Crippen LogP) is 7.76. The smallest absolute Gasteiger partial charge is 0.0705 e. The Balaban J connectivity index is 1.23. The van der Waals surface area contributed by atoms with Gasteiger partial charge in [-0.2, -0.15) is 0 Å².